The summed E-state index contributed by atoms with van der Waals surface area (Å²) in [5.74, 6) is -0.928. The highest BCUT2D eigenvalue weighted by molar-refractivity contribution is 9.10. The van der Waals surface area contributed by atoms with Gasteiger partial charge in [0.2, 0.25) is 21.8 Å². The van der Waals surface area contributed by atoms with Crippen LogP contribution in [0.5, 0.6) is 0 Å². The Bertz CT molecular complexity index is 1450. The highest BCUT2D eigenvalue weighted by Gasteiger charge is 2.34. The van der Waals surface area contributed by atoms with Crippen molar-refractivity contribution >= 4 is 66.7 Å². The Morgan fingerprint density at radius 2 is 1.55 bits per heavy atom. The second-order valence-corrected chi connectivity index (χ2v) is 14.0. The maximum atomic E-state index is 14.1. The molecule has 0 unspecified atom stereocenters. The summed E-state index contributed by atoms with van der Waals surface area (Å²) in [5.41, 5.74) is 1.13. The largest absolute Gasteiger partial charge is 0.350 e. The maximum Gasteiger partial charge on any atom is 0.244 e. The third kappa shape index (κ3) is 8.96. The lowest BCUT2D eigenvalue weighted by Crippen LogP contribution is -2.56. The quantitative estimate of drug-likeness (QED) is 0.284. The van der Waals surface area contributed by atoms with E-state index in [-0.39, 0.29) is 34.6 Å². The molecule has 0 bridgehead atoms. The van der Waals surface area contributed by atoms with Gasteiger partial charge in [-0.2, -0.15) is 0 Å². The van der Waals surface area contributed by atoms with Crippen molar-refractivity contribution in [2.24, 2.45) is 0 Å². The average Bonchev–Trinajstić information content (AvgIpc) is 2.86. The van der Waals surface area contributed by atoms with Gasteiger partial charge < -0.3 is 10.2 Å². The van der Waals surface area contributed by atoms with Gasteiger partial charge in [-0.05, 0) is 56.2 Å². The number of anilines is 1. The van der Waals surface area contributed by atoms with Crippen LogP contribution in [-0.4, -0.2) is 49.5 Å². The smallest absolute Gasteiger partial charge is 0.244 e. The highest BCUT2D eigenvalue weighted by Crippen LogP contribution is 2.34. The van der Waals surface area contributed by atoms with E-state index in [4.69, 9.17) is 23.2 Å². The molecule has 40 heavy (non-hydrogen) atoms. The topological polar surface area (TPSA) is 86.8 Å². The maximum absolute atomic E-state index is 14.1. The molecule has 0 saturated heterocycles. The van der Waals surface area contributed by atoms with Crippen LogP contribution in [0.15, 0.2) is 77.3 Å². The number of nitrogens with one attached hydrogen (secondary N) is 1. The molecule has 0 aromatic heterocycles. The van der Waals surface area contributed by atoms with Gasteiger partial charge in [-0.1, -0.05) is 87.7 Å². The highest BCUT2D eigenvalue weighted by atomic mass is 79.9. The minimum atomic E-state index is -3.96. The van der Waals surface area contributed by atoms with Crippen LogP contribution in [0, 0.1) is 0 Å². The standard InChI is InChI=1S/C29H32BrCl2N3O4S/c1-29(2,3)33-28(37)25(17-20-9-6-5-7-10-20)34(18-21-13-15-22(30)16-14-21)26(36)19-35(40(4,38)39)24-12-8-11-23(31)27(24)32/h5-16,25H,17-19H2,1-4H3,(H,33,37)/t25-/m0/s1. The number of amides is 2. The van der Waals surface area contributed by atoms with Gasteiger partial charge in [0.15, 0.2) is 0 Å². The molecule has 3 aromatic carbocycles. The number of nitrogens with zero attached hydrogens (tertiary/aromatic N) is 2. The van der Waals surface area contributed by atoms with E-state index in [9.17, 15) is 18.0 Å². The Kier molecular flexibility index (Phi) is 10.7. The molecule has 2 amide bonds. The van der Waals surface area contributed by atoms with Crippen molar-refractivity contribution < 1.29 is 18.0 Å². The Morgan fingerprint density at radius 1 is 0.925 bits per heavy atom. The van der Waals surface area contributed by atoms with Gasteiger partial charge in [0, 0.05) is 23.0 Å². The van der Waals surface area contributed by atoms with Crippen LogP contribution in [0.3, 0.4) is 0 Å². The van der Waals surface area contributed by atoms with Gasteiger partial charge in [-0.3, -0.25) is 13.9 Å². The molecule has 0 spiro atoms. The van der Waals surface area contributed by atoms with Crippen LogP contribution < -0.4 is 9.62 Å². The van der Waals surface area contributed by atoms with E-state index in [1.54, 1.807) is 6.07 Å². The van der Waals surface area contributed by atoms with Crippen molar-refractivity contribution in [2.45, 2.75) is 45.3 Å². The Hall–Kier alpha value is -2.59. The number of rotatable bonds is 10. The Labute approximate surface area is 254 Å². The molecule has 214 valence electrons. The van der Waals surface area contributed by atoms with Crippen LogP contribution in [-0.2, 0) is 32.6 Å². The first-order valence-electron chi connectivity index (χ1n) is 12.5. The van der Waals surface area contributed by atoms with Gasteiger partial charge in [0.05, 0.1) is 22.0 Å². The molecule has 1 atom stereocenters. The van der Waals surface area contributed by atoms with Gasteiger partial charge >= 0.3 is 0 Å². The minimum Gasteiger partial charge on any atom is -0.350 e. The third-order valence-electron chi connectivity index (χ3n) is 5.91. The number of carbonyl (C=O) groups excluding carboxylic acids is 2. The van der Waals surface area contributed by atoms with Crippen molar-refractivity contribution in [3.63, 3.8) is 0 Å². The molecule has 11 heteroatoms. The van der Waals surface area contributed by atoms with E-state index in [1.165, 1.54) is 17.0 Å². The molecule has 0 saturated carbocycles. The normalized spacial score (nSPS) is 12.5. The lowest BCUT2D eigenvalue weighted by atomic mass is 10.0. The first-order valence-corrected chi connectivity index (χ1v) is 15.9. The zero-order valence-electron chi connectivity index (χ0n) is 22.7. The van der Waals surface area contributed by atoms with Crippen LogP contribution in [0.25, 0.3) is 0 Å². The predicted octanol–water partition coefficient (Wildman–Crippen LogP) is 6.08. The SMILES string of the molecule is CC(C)(C)NC(=O)[C@H](Cc1ccccc1)N(Cc1ccc(Br)cc1)C(=O)CN(c1cccc(Cl)c1Cl)S(C)(=O)=O. The summed E-state index contributed by atoms with van der Waals surface area (Å²) in [5, 5.41) is 3.15. The molecule has 0 aliphatic rings. The number of hydrogen-bond donors (Lipinski definition) is 1. The van der Waals surface area contributed by atoms with Crippen molar-refractivity contribution in [3.8, 4) is 0 Å². The van der Waals surface area contributed by atoms with Crippen molar-refractivity contribution in [1.29, 1.82) is 0 Å². The fourth-order valence-electron chi connectivity index (χ4n) is 4.07. The fraction of sp³-hybridized carbons (Fsp3) is 0.310. The monoisotopic (exact) mass is 667 g/mol. The molecular formula is C29H32BrCl2N3O4S. The Morgan fingerprint density at radius 3 is 2.12 bits per heavy atom. The van der Waals surface area contributed by atoms with E-state index >= 15 is 0 Å². The predicted molar refractivity (Wildman–Crippen MR) is 165 cm³/mol. The minimum absolute atomic E-state index is 0.00756. The number of sulfonamides is 1. The second-order valence-electron chi connectivity index (χ2n) is 10.4. The van der Waals surface area contributed by atoms with Gasteiger partial charge in [-0.25, -0.2) is 8.42 Å². The Balaban J connectivity index is 2.09. The zero-order chi connectivity index (χ0) is 29.7. The molecule has 0 radical (unpaired) electrons. The lowest BCUT2D eigenvalue weighted by Gasteiger charge is -2.35. The first kappa shape index (κ1) is 31.9. The lowest BCUT2D eigenvalue weighted by molar-refractivity contribution is -0.140. The summed E-state index contributed by atoms with van der Waals surface area (Å²) >= 11 is 16.0. The van der Waals surface area contributed by atoms with Crippen molar-refractivity contribution in [2.75, 3.05) is 17.1 Å². The molecule has 0 aliphatic carbocycles. The van der Waals surface area contributed by atoms with Gasteiger partial charge in [0.1, 0.15) is 12.6 Å². The second kappa shape index (κ2) is 13.4. The molecule has 1 N–H and O–H groups in total. The molecule has 3 rings (SSSR count). The molecule has 0 fully saturated rings. The molecule has 0 aliphatic heterocycles. The number of benzene rings is 3. The number of halogens is 3. The summed E-state index contributed by atoms with van der Waals surface area (Å²) in [7, 11) is -3.96. The third-order valence-corrected chi connectivity index (χ3v) is 8.38. The number of hydrogen-bond acceptors (Lipinski definition) is 4. The van der Waals surface area contributed by atoms with Crippen LogP contribution in [0.4, 0.5) is 5.69 Å². The fourth-order valence-corrected chi connectivity index (χ4v) is 5.64. The van der Waals surface area contributed by atoms with Crippen LogP contribution >= 0.6 is 39.1 Å². The zero-order valence-corrected chi connectivity index (χ0v) is 26.6. The van der Waals surface area contributed by atoms with Crippen molar-refractivity contribution in [1.82, 2.24) is 10.2 Å². The van der Waals surface area contributed by atoms with E-state index in [2.05, 4.69) is 21.2 Å². The molecule has 7 nitrogen and oxygen atoms in total. The summed E-state index contributed by atoms with van der Waals surface area (Å²) in [6.07, 6.45) is 1.21. The van der Waals surface area contributed by atoms with E-state index in [1.807, 2.05) is 75.4 Å². The summed E-state index contributed by atoms with van der Waals surface area (Å²) in [4.78, 5) is 29.2. The molecule has 0 heterocycles. The summed E-state index contributed by atoms with van der Waals surface area (Å²) in [6.45, 7) is 5.07. The van der Waals surface area contributed by atoms with E-state index < -0.39 is 34.1 Å². The average molecular weight is 669 g/mol. The van der Waals surface area contributed by atoms with Gasteiger partial charge in [-0.15, -0.1) is 0 Å². The number of carbonyl (C=O) groups is 2. The molecule has 3 aromatic rings. The van der Waals surface area contributed by atoms with Crippen LogP contribution in [0.1, 0.15) is 31.9 Å². The first-order chi connectivity index (χ1) is 18.7. The summed E-state index contributed by atoms with van der Waals surface area (Å²) in [6, 6.07) is 20.4. The van der Waals surface area contributed by atoms with Gasteiger partial charge in [0.25, 0.3) is 0 Å². The molecular weight excluding hydrogens is 637 g/mol. The van der Waals surface area contributed by atoms with Crippen molar-refractivity contribution in [3.05, 3.63) is 98.4 Å². The van der Waals surface area contributed by atoms with Crippen LogP contribution in [0.2, 0.25) is 10.0 Å². The van der Waals surface area contributed by atoms with E-state index in [0.29, 0.717) is 0 Å². The summed E-state index contributed by atoms with van der Waals surface area (Å²) < 4.78 is 27.6. The van der Waals surface area contributed by atoms with E-state index in [0.717, 1.165) is 26.2 Å².